The third-order valence-corrected chi connectivity index (χ3v) is 3.48. The second-order valence-corrected chi connectivity index (χ2v) is 5.56. The van der Waals surface area contributed by atoms with Gasteiger partial charge in [-0.15, -0.1) is 0 Å². The van der Waals surface area contributed by atoms with E-state index in [-0.39, 0.29) is 5.91 Å². The van der Waals surface area contributed by atoms with Gasteiger partial charge in [-0.05, 0) is 24.6 Å². The van der Waals surface area contributed by atoms with Crippen LogP contribution < -0.4 is 0 Å². The van der Waals surface area contributed by atoms with Crippen LogP contribution in [0.5, 0.6) is 0 Å². The molecule has 2 nitrogen and oxygen atoms in total. The van der Waals surface area contributed by atoms with E-state index < -0.39 is 0 Å². The van der Waals surface area contributed by atoms with Crippen LogP contribution in [0.4, 0.5) is 0 Å². The highest BCUT2D eigenvalue weighted by molar-refractivity contribution is 9.09. The third-order valence-electron chi connectivity index (χ3n) is 3.12. The Balaban J connectivity index is 2.18. The van der Waals surface area contributed by atoms with Crippen molar-refractivity contribution in [3.63, 3.8) is 0 Å². The molecule has 2 rings (SSSR count). The zero-order valence-electron chi connectivity index (χ0n) is 11.6. The van der Waals surface area contributed by atoms with Gasteiger partial charge in [0.25, 0.3) is 5.91 Å². The first-order valence-electron chi connectivity index (χ1n) is 6.66. The number of halogens is 1. The molecule has 0 radical (unpaired) electrons. The largest absolute Gasteiger partial charge is 0.333 e. The lowest BCUT2D eigenvalue weighted by atomic mass is 10.1. The molecule has 2 aromatic rings. The minimum absolute atomic E-state index is 0.0806. The van der Waals surface area contributed by atoms with Gasteiger partial charge in [0.05, 0.1) is 0 Å². The highest BCUT2D eigenvalue weighted by Gasteiger charge is 2.15. The first-order chi connectivity index (χ1) is 9.70. The maximum Gasteiger partial charge on any atom is 0.254 e. The summed E-state index contributed by atoms with van der Waals surface area (Å²) in [5.74, 6) is 0.0806. The van der Waals surface area contributed by atoms with E-state index in [1.54, 1.807) is 0 Å². The molecule has 0 aliphatic carbocycles. The first-order valence-corrected chi connectivity index (χ1v) is 7.78. The molecule has 0 saturated carbocycles. The lowest BCUT2D eigenvalue weighted by molar-refractivity contribution is 0.0754. The van der Waals surface area contributed by atoms with Crippen molar-refractivity contribution in [1.82, 2.24) is 4.90 Å². The lowest BCUT2D eigenvalue weighted by Crippen LogP contribution is -2.32. The lowest BCUT2D eigenvalue weighted by Gasteiger charge is -2.22. The molecule has 0 fully saturated rings. The molecule has 0 aliphatic heterocycles. The van der Waals surface area contributed by atoms with Crippen molar-refractivity contribution in [1.29, 1.82) is 0 Å². The minimum Gasteiger partial charge on any atom is -0.333 e. The average molecular weight is 332 g/mol. The smallest absolute Gasteiger partial charge is 0.254 e. The fourth-order valence-electron chi connectivity index (χ4n) is 2.12. The predicted molar refractivity (Wildman–Crippen MR) is 86.2 cm³/mol. The van der Waals surface area contributed by atoms with E-state index in [2.05, 4.69) is 15.9 Å². The fraction of sp³-hybridized carbons (Fsp3) is 0.235. The molecule has 0 aliphatic rings. The molecule has 0 heterocycles. The van der Waals surface area contributed by atoms with E-state index in [0.29, 0.717) is 13.1 Å². The van der Waals surface area contributed by atoms with Crippen molar-refractivity contribution in [3.05, 3.63) is 71.3 Å². The number of rotatable bonds is 5. The summed E-state index contributed by atoms with van der Waals surface area (Å²) in [6.45, 7) is 3.34. The van der Waals surface area contributed by atoms with Gasteiger partial charge in [0, 0.05) is 24.0 Å². The highest BCUT2D eigenvalue weighted by Crippen LogP contribution is 2.12. The van der Waals surface area contributed by atoms with E-state index in [0.717, 1.165) is 22.0 Å². The van der Waals surface area contributed by atoms with Crippen molar-refractivity contribution in [2.24, 2.45) is 0 Å². The Hall–Kier alpha value is -1.61. The summed E-state index contributed by atoms with van der Waals surface area (Å²) in [7, 11) is 0. The Morgan fingerprint density at radius 3 is 2.50 bits per heavy atom. The molecule has 0 bridgehead atoms. The normalized spacial score (nSPS) is 10.3. The van der Waals surface area contributed by atoms with Crippen LogP contribution in [0, 0.1) is 6.92 Å². The number of alkyl halides is 1. The Bertz CT molecular complexity index is 568. The molecule has 0 aromatic heterocycles. The number of benzene rings is 2. The predicted octanol–water partition coefficient (Wildman–Crippen LogP) is 4.03. The van der Waals surface area contributed by atoms with Crippen LogP contribution in [0.15, 0.2) is 54.6 Å². The number of nitrogens with zero attached hydrogens (tertiary/aromatic N) is 1. The third kappa shape index (κ3) is 3.94. The summed E-state index contributed by atoms with van der Waals surface area (Å²) >= 11 is 3.42. The van der Waals surface area contributed by atoms with E-state index in [1.165, 1.54) is 0 Å². The number of hydrogen-bond donors (Lipinski definition) is 0. The van der Waals surface area contributed by atoms with E-state index >= 15 is 0 Å². The van der Waals surface area contributed by atoms with Gasteiger partial charge >= 0.3 is 0 Å². The number of aryl methyl sites for hydroxylation is 1. The maximum absolute atomic E-state index is 12.6. The van der Waals surface area contributed by atoms with Gasteiger partial charge in [-0.3, -0.25) is 4.79 Å². The molecule has 20 heavy (non-hydrogen) atoms. The van der Waals surface area contributed by atoms with Crippen LogP contribution in [-0.4, -0.2) is 22.7 Å². The molecular formula is C17H18BrNO. The fourth-order valence-corrected chi connectivity index (χ4v) is 2.55. The molecule has 0 spiro atoms. The Kier molecular flexibility index (Phi) is 5.36. The van der Waals surface area contributed by atoms with Crippen LogP contribution in [0.2, 0.25) is 0 Å². The van der Waals surface area contributed by atoms with Crippen molar-refractivity contribution < 1.29 is 4.79 Å². The van der Waals surface area contributed by atoms with E-state index in [4.69, 9.17) is 0 Å². The number of amides is 1. The summed E-state index contributed by atoms with van der Waals surface area (Å²) < 4.78 is 0. The summed E-state index contributed by atoms with van der Waals surface area (Å²) in [5.41, 5.74) is 3.01. The second kappa shape index (κ2) is 7.25. The summed E-state index contributed by atoms with van der Waals surface area (Å²) in [6.07, 6.45) is 0. The SMILES string of the molecule is Cc1cccc(C(=O)N(CCBr)Cc2ccccc2)c1. The van der Waals surface area contributed by atoms with Gasteiger partial charge in [-0.25, -0.2) is 0 Å². The standard InChI is InChI=1S/C17H18BrNO/c1-14-6-5-9-16(12-14)17(20)19(11-10-18)13-15-7-3-2-4-8-15/h2-9,12H,10-11,13H2,1H3. The minimum atomic E-state index is 0.0806. The van der Waals surface area contributed by atoms with Crippen molar-refractivity contribution in [2.45, 2.75) is 13.5 Å². The molecule has 0 N–H and O–H groups in total. The summed E-state index contributed by atoms with van der Waals surface area (Å²) in [6, 6.07) is 17.8. The highest BCUT2D eigenvalue weighted by atomic mass is 79.9. The molecule has 0 atom stereocenters. The quantitative estimate of drug-likeness (QED) is 0.757. The molecule has 1 amide bonds. The zero-order chi connectivity index (χ0) is 14.4. The van der Waals surface area contributed by atoms with Gasteiger partial charge in [-0.1, -0.05) is 64.0 Å². The van der Waals surface area contributed by atoms with Crippen LogP contribution in [0.25, 0.3) is 0 Å². The van der Waals surface area contributed by atoms with Gasteiger partial charge in [0.15, 0.2) is 0 Å². The maximum atomic E-state index is 12.6. The summed E-state index contributed by atoms with van der Waals surface area (Å²) in [4.78, 5) is 14.5. The average Bonchev–Trinajstić information content (AvgIpc) is 2.47. The Morgan fingerprint density at radius 1 is 1.10 bits per heavy atom. The molecular weight excluding hydrogens is 314 g/mol. The molecule has 0 unspecified atom stereocenters. The summed E-state index contributed by atoms with van der Waals surface area (Å²) in [5, 5.41) is 0.775. The number of carbonyl (C=O) groups is 1. The number of hydrogen-bond acceptors (Lipinski definition) is 1. The Labute approximate surface area is 128 Å². The van der Waals surface area contributed by atoms with Crippen LogP contribution in [0.3, 0.4) is 0 Å². The van der Waals surface area contributed by atoms with Crippen molar-refractivity contribution in [2.75, 3.05) is 11.9 Å². The van der Waals surface area contributed by atoms with Crippen molar-refractivity contribution in [3.8, 4) is 0 Å². The van der Waals surface area contributed by atoms with Crippen LogP contribution in [-0.2, 0) is 6.54 Å². The van der Waals surface area contributed by atoms with Gasteiger partial charge in [0.2, 0.25) is 0 Å². The molecule has 3 heteroatoms. The molecule has 0 saturated heterocycles. The molecule has 104 valence electrons. The van der Waals surface area contributed by atoms with Gasteiger partial charge in [-0.2, -0.15) is 0 Å². The van der Waals surface area contributed by atoms with Crippen molar-refractivity contribution >= 4 is 21.8 Å². The van der Waals surface area contributed by atoms with Gasteiger partial charge < -0.3 is 4.90 Å². The Morgan fingerprint density at radius 2 is 1.85 bits per heavy atom. The topological polar surface area (TPSA) is 20.3 Å². The van der Waals surface area contributed by atoms with Gasteiger partial charge in [0.1, 0.15) is 0 Å². The number of carbonyl (C=O) groups excluding carboxylic acids is 1. The monoisotopic (exact) mass is 331 g/mol. The zero-order valence-corrected chi connectivity index (χ0v) is 13.1. The first kappa shape index (κ1) is 14.8. The second-order valence-electron chi connectivity index (χ2n) is 4.77. The van der Waals surface area contributed by atoms with Crippen LogP contribution in [0.1, 0.15) is 21.5 Å². The van der Waals surface area contributed by atoms with Crippen LogP contribution >= 0.6 is 15.9 Å². The molecule has 2 aromatic carbocycles. The van der Waals surface area contributed by atoms with E-state index in [1.807, 2.05) is 66.4 Å². The van der Waals surface area contributed by atoms with E-state index in [9.17, 15) is 4.79 Å².